The van der Waals surface area contributed by atoms with Gasteiger partial charge in [-0.2, -0.15) is 0 Å². The van der Waals surface area contributed by atoms with E-state index in [0.29, 0.717) is 10.8 Å². The molecule has 0 amide bonds. The third-order valence-corrected chi connectivity index (χ3v) is 2.30. The minimum Gasteiger partial charge on any atom is -0.293 e. The Morgan fingerprint density at radius 3 is 2.69 bits per heavy atom. The monoisotopic (exact) mass is 235 g/mol. The number of hydrogen-bond donors (Lipinski definition) is 1. The van der Waals surface area contributed by atoms with Crippen molar-refractivity contribution in [1.82, 2.24) is 9.66 Å². The number of halogens is 1. The first kappa shape index (κ1) is 10.7. The van der Waals surface area contributed by atoms with E-state index in [-0.39, 0.29) is 5.78 Å². The number of carbonyl (C=O) groups excluding carboxylic acids is 1. The maximum absolute atomic E-state index is 11.2. The SMILES string of the molecule is CC(=O)c1nccn1Nc1ccc(Cl)cc1. The predicted molar refractivity (Wildman–Crippen MR) is 62.7 cm³/mol. The Kier molecular flexibility index (Phi) is 2.92. The highest BCUT2D eigenvalue weighted by Gasteiger charge is 2.07. The van der Waals surface area contributed by atoms with Gasteiger partial charge in [-0.25, -0.2) is 9.66 Å². The van der Waals surface area contributed by atoms with Crippen LogP contribution in [0.15, 0.2) is 36.7 Å². The van der Waals surface area contributed by atoms with Gasteiger partial charge in [-0.15, -0.1) is 0 Å². The number of carbonyl (C=O) groups is 1. The van der Waals surface area contributed by atoms with E-state index in [2.05, 4.69) is 10.4 Å². The lowest BCUT2D eigenvalue weighted by Crippen LogP contribution is -2.14. The van der Waals surface area contributed by atoms with Gasteiger partial charge in [0.25, 0.3) is 0 Å². The smallest absolute Gasteiger partial charge is 0.196 e. The molecule has 2 rings (SSSR count). The fourth-order valence-corrected chi connectivity index (χ4v) is 1.44. The van der Waals surface area contributed by atoms with E-state index in [4.69, 9.17) is 11.6 Å². The standard InChI is InChI=1S/C11H10ClN3O/c1-8(16)11-13-6-7-15(11)14-10-4-2-9(12)3-5-10/h2-7,14H,1H3. The predicted octanol–water partition coefficient (Wildman–Crippen LogP) is 2.61. The Labute approximate surface area is 97.8 Å². The van der Waals surface area contributed by atoms with Crippen LogP contribution in [0.25, 0.3) is 0 Å². The summed E-state index contributed by atoms with van der Waals surface area (Å²) in [6.07, 6.45) is 3.25. The zero-order valence-electron chi connectivity index (χ0n) is 8.64. The molecule has 1 aromatic heterocycles. The van der Waals surface area contributed by atoms with Crippen LogP contribution >= 0.6 is 11.6 Å². The molecule has 0 fully saturated rings. The van der Waals surface area contributed by atoms with Crippen molar-refractivity contribution < 1.29 is 4.79 Å². The lowest BCUT2D eigenvalue weighted by molar-refractivity contribution is 0.100. The first-order valence-electron chi connectivity index (χ1n) is 4.74. The minimum absolute atomic E-state index is 0.0912. The van der Waals surface area contributed by atoms with E-state index in [1.54, 1.807) is 29.2 Å². The number of anilines is 1. The van der Waals surface area contributed by atoms with E-state index < -0.39 is 0 Å². The van der Waals surface area contributed by atoms with Crippen LogP contribution in [-0.4, -0.2) is 15.4 Å². The summed E-state index contributed by atoms with van der Waals surface area (Å²) < 4.78 is 1.57. The van der Waals surface area contributed by atoms with Gasteiger partial charge >= 0.3 is 0 Å². The van der Waals surface area contributed by atoms with E-state index in [9.17, 15) is 4.79 Å². The first-order valence-corrected chi connectivity index (χ1v) is 5.11. The van der Waals surface area contributed by atoms with Crippen molar-refractivity contribution in [2.75, 3.05) is 5.43 Å². The molecule has 0 radical (unpaired) electrons. The maximum Gasteiger partial charge on any atom is 0.196 e. The highest BCUT2D eigenvalue weighted by Crippen LogP contribution is 2.14. The molecule has 1 N–H and O–H groups in total. The Morgan fingerprint density at radius 1 is 1.38 bits per heavy atom. The van der Waals surface area contributed by atoms with Crippen molar-refractivity contribution in [2.24, 2.45) is 0 Å². The molecule has 0 spiro atoms. The van der Waals surface area contributed by atoms with Gasteiger partial charge in [0.2, 0.25) is 0 Å². The highest BCUT2D eigenvalue weighted by molar-refractivity contribution is 6.30. The summed E-state index contributed by atoms with van der Waals surface area (Å²) in [6.45, 7) is 1.47. The van der Waals surface area contributed by atoms with Crippen molar-refractivity contribution in [3.8, 4) is 0 Å². The van der Waals surface area contributed by atoms with Crippen LogP contribution in [0.5, 0.6) is 0 Å². The molecule has 16 heavy (non-hydrogen) atoms. The second-order valence-electron chi connectivity index (χ2n) is 3.30. The number of imidazole rings is 1. The number of Topliss-reactive ketones (excluding diaryl/α,β-unsaturated/α-hetero) is 1. The molecule has 0 aliphatic rings. The summed E-state index contributed by atoms with van der Waals surface area (Å²) in [6, 6.07) is 7.20. The van der Waals surface area contributed by atoms with Crippen molar-refractivity contribution in [3.63, 3.8) is 0 Å². The lowest BCUT2D eigenvalue weighted by Gasteiger charge is -2.09. The molecular weight excluding hydrogens is 226 g/mol. The zero-order chi connectivity index (χ0) is 11.5. The second-order valence-corrected chi connectivity index (χ2v) is 3.73. The largest absolute Gasteiger partial charge is 0.293 e. The second kappa shape index (κ2) is 4.37. The van der Waals surface area contributed by atoms with Crippen LogP contribution in [0.1, 0.15) is 17.5 Å². The van der Waals surface area contributed by atoms with Gasteiger partial charge in [0.05, 0.1) is 5.69 Å². The average molecular weight is 236 g/mol. The van der Waals surface area contributed by atoms with Crippen LogP contribution in [0.4, 0.5) is 5.69 Å². The number of rotatable bonds is 3. The van der Waals surface area contributed by atoms with Gasteiger partial charge in [-0.1, -0.05) is 11.6 Å². The van der Waals surface area contributed by atoms with Gasteiger partial charge in [0, 0.05) is 24.3 Å². The number of nitrogens with one attached hydrogen (secondary N) is 1. The number of benzene rings is 1. The highest BCUT2D eigenvalue weighted by atomic mass is 35.5. The molecule has 1 aromatic carbocycles. The average Bonchev–Trinajstić information content (AvgIpc) is 2.69. The van der Waals surface area contributed by atoms with Crippen molar-refractivity contribution in [1.29, 1.82) is 0 Å². The number of hydrogen-bond acceptors (Lipinski definition) is 3. The molecule has 0 unspecified atom stereocenters. The van der Waals surface area contributed by atoms with Gasteiger partial charge in [0.15, 0.2) is 11.6 Å². The van der Waals surface area contributed by atoms with Gasteiger partial charge in [0.1, 0.15) is 0 Å². The molecular formula is C11H10ClN3O. The van der Waals surface area contributed by atoms with Crippen LogP contribution in [-0.2, 0) is 0 Å². The molecule has 0 bridgehead atoms. The normalized spacial score (nSPS) is 10.1. The fraction of sp³-hybridized carbons (Fsp3) is 0.0909. The molecule has 0 saturated carbocycles. The molecule has 0 atom stereocenters. The third kappa shape index (κ3) is 2.23. The van der Waals surface area contributed by atoms with E-state index >= 15 is 0 Å². The fourth-order valence-electron chi connectivity index (χ4n) is 1.32. The summed E-state index contributed by atoms with van der Waals surface area (Å²) in [4.78, 5) is 15.2. The van der Waals surface area contributed by atoms with Gasteiger partial charge in [-0.3, -0.25) is 10.2 Å². The summed E-state index contributed by atoms with van der Waals surface area (Å²) in [5.74, 6) is 0.279. The summed E-state index contributed by atoms with van der Waals surface area (Å²) >= 11 is 5.77. The van der Waals surface area contributed by atoms with Crippen molar-refractivity contribution in [2.45, 2.75) is 6.92 Å². The molecule has 1 heterocycles. The molecule has 82 valence electrons. The molecule has 0 aliphatic heterocycles. The van der Waals surface area contributed by atoms with Crippen molar-refractivity contribution in [3.05, 3.63) is 47.5 Å². The Hall–Kier alpha value is -1.81. The molecule has 2 aromatic rings. The van der Waals surface area contributed by atoms with Gasteiger partial charge in [-0.05, 0) is 24.3 Å². The quantitative estimate of drug-likeness (QED) is 0.832. The first-order chi connectivity index (χ1) is 7.66. The van der Waals surface area contributed by atoms with Crippen LogP contribution in [0.3, 0.4) is 0 Å². The van der Waals surface area contributed by atoms with Crippen LogP contribution in [0, 0.1) is 0 Å². The Bertz CT molecular complexity index is 504. The number of aromatic nitrogens is 2. The maximum atomic E-state index is 11.2. The zero-order valence-corrected chi connectivity index (χ0v) is 9.40. The molecule has 0 saturated heterocycles. The minimum atomic E-state index is -0.0912. The molecule has 0 aliphatic carbocycles. The van der Waals surface area contributed by atoms with Gasteiger partial charge < -0.3 is 0 Å². The van der Waals surface area contributed by atoms with E-state index in [1.807, 2.05) is 12.1 Å². The van der Waals surface area contributed by atoms with E-state index in [1.165, 1.54) is 6.92 Å². The molecule has 5 heteroatoms. The molecule has 4 nitrogen and oxygen atoms in total. The summed E-state index contributed by atoms with van der Waals surface area (Å²) in [5.41, 5.74) is 3.87. The third-order valence-electron chi connectivity index (χ3n) is 2.05. The topological polar surface area (TPSA) is 46.9 Å². The lowest BCUT2D eigenvalue weighted by atomic mass is 10.3. The van der Waals surface area contributed by atoms with Crippen LogP contribution < -0.4 is 5.43 Å². The van der Waals surface area contributed by atoms with Crippen molar-refractivity contribution >= 4 is 23.1 Å². The van der Waals surface area contributed by atoms with E-state index in [0.717, 1.165) is 5.69 Å². The number of ketones is 1. The summed E-state index contributed by atoms with van der Waals surface area (Å²) in [5, 5.41) is 0.669. The Balaban J connectivity index is 2.23. The summed E-state index contributed by atoms with van der Waals surface area (Å²) in [7, 11) is 0. The van der Waals surface area contributed by atoms with Crippen LogP contribution in [0.2, 0.25) is 5.02 Å². The Morgan fingerprint density at radius 2 is 2.06 bits per heavy atom. The number of nitrogens with zero attached hydrogens (tertiary/aromatic N) is 2.